The number of fused-ring (bicyclic) bond motifs is 7. The van der Waals surface area contributed by atoms with Crippen molar-refractivity contribution in [3.8, 4) is 0 Å². The van der Waals surface area contributed by atoms with Gasteiger partial charge in [-0.15, -0.1) is 0 Å². The molecule has 2 aromatic heterocycles. The van der Waals surface area contributed by atoms with E-state index in [1.807, 2.05) is 36.5 Å². The SMILES string of the molecule is Cn1c2c(c3cc(S(=O)c4ccc5[nH]ccc5c4)ccc31)C1CCC(C2)N1. The highest BCUT2D eigenvalue weighted by Gasteiger charge is 2.35. The summed E-state index contributed by atoms with van der Waals surface area (Å²) >= 11 is 0. The zero-order valence-electron chi connectivity index (χ0n) is 15.2. The molecule has 0 radical (unpaired) electrons. The van der Waals surface area contributed by atoms with E-state index in [9.17, 15) is 4.21 Å². The molecule has 2 aliphatic rings. The number of aryl methyl sites for hydroxylation is 1. The minimum atomic E-state index is -1.18. The van der Waals surface area contributed by atoms with Crippen LogP contribution in [0, 0.1) is 0 Å². The van der Waals surface area contributed by atoms with Crippen molar-refractivity contribution < 1.29 is 4.21 Å². The molecule has 0 spiro atoms. The van der Waals surface area contributed by atoms with Crippen LogP contribution in [0.5, 0.6) is 0 Å². The molecule has 2 aromatic carbocycles. The van der Waals surface area contributed by atoms with Crippen LogP contribution in [0.25, 0.3) is 21.8 Å². The van der Waals surface area contributed by atoms with Gasteiger partial charge >= 0.3 is 0 Å². The Bertz CT molecular complexity index is 1240. The minimum absolute atomic E-state index is 0.447. The van der Waals surface area contributed by atoms with Crippen LogP contribution in [0.3, 0.4) is 0 Å². The van der Waals surface area contributed by atoms with Crippen LogP contribution >= 0.6 is 0 Å². The van der Waals surface area contributed by atoms with Gasteiger partial charge in [-0.1, -0.05) is 0 Å². The van der Waals surface area contributed by atoms with Crippen molar-refractivity contribution in [3.05, 3.63) is 59.9 Å². The topological polar surface area (TPSA) is 49.8 Å². The zero-order valence-corrected chi connectivity index (χ0v) is 16.0. The first-order valence-corrected chi connectivity index (χ1v) is 10.7. The monoisotopic (exact) mass is 375 g/mol. The smallest absolute Gasteiger partial charge is 0.0850 e. The van der Waals surface area contributed by atoms with Gasteiger partial charge in [-0.2, -0.15) is 0 Å². The van der Waals surface area contributed by atoms with Crippen molar-refractivity contribution in [2.45, 2.75) is 41.1 Å². The number of nitrogens with zero attached hydrogens (tertiary/aromatic N) is 1. The van der Waals surface area contributed by atoms with Crippen molar-refractivity contribution in [1.29, 1.82) is 0 Å². The molecule has 4 heterocycles. The molecule has 3 atom stereocenters. The van der Waals surface area contributed by atoms with E-state index in [-0.39, 0.29) is 0 Å². The van der Waals surface area contributed by atoms with E-state index >= 15 is 0 Å². The maximum absolute atomic E-state index is 13.3. The number of H-pyrrole nitrogens is 1. The van der Waals surface area contributed by atoms with E-state index in [2.05, 4.69) is 34.0 Å². The van der Waals surface area contributed by atoms with Crippen molar-refractivity contribution >= 4 is 32.6 Å². The molecule has 0 aliphatic carbocycles. The molecule has 136 valence electrons. The van der Waals surface area contributed by atoms with Gasteiger partial charge in [-0.05, 0) is 60.9 Å². The van der Waals surface area contributed by atoms with E-state index in [4.69, 9.17) is 0 Å². The van der Waals surface area contributed by atoms with Crippen LogP contribution < -0.4 is 5.32 Å². The fourth-order valence-corrected chi connectivity index (χ4v) is 6.09. The number of rotatable bonds is 2. The summed E-state index contributed by atoms with van der Waals surface area (Å²) in [4.78, 5) is 4.93. The van der Waals surface area contributed by atoms with E-state index in [0.29, 0.717) is 12.1 Å². The Morgan fingerprint density at radius 2 is 1.93 bits per heavy atom. The predicted octanol–water partition coefficient (Wildman–Crippen LogP) is 4.18. The highest BCUT2D eigenvalue weighted by atomic mass is 32.2. The molecule has 2 N–H and O–H groups in total. The minimum Gasteiger partial charge on any atom is -0.361 e. The summed E-state index contributed by atoms with van der Waals surface area (Å²) in [6.07, 6.45) is 5.47. The second kappa shape index (κ2) is 5.57. The van der Waals surface area contributed by atoms with E-state index in [0.717, 1.165) is 27.1 Å². The fraction of sp³-hybridized carbons (Fsp3) is 0.273. The van der Waals surface area contributed by atoms with Crippen molar-refractivity contribution in [3.63, 3.8) is 0 Å². The first kappa shape index (κ1) is 15.7. The lowest BCUT2D eigenvalue weighted by Crippen LogP contribution is -2.32. The second-order valence-corrected chi connectivity index (χ2v) is 9.27. The quantitative estimate of drug-likeness (QED) is 0.552. The molecule has 3 unspecified atom stereocenters. The van der Waals surface area contributed by atoms with E-state index < -0.39 is 10.8 Å². The van der Waals surface area contributed by atoms with Gasteiger partial charge in [0, 0.05) is 69.0 Å². The Hall–Kier alpha value is -2.37. The molecule has 2 bridgehead atoms. The number of aromatic nitrogens is 2. The van der Waals surface area contributed by atoms with E-state index in [1.54, 1.807) is 0 Å². The standard InChI is InChI=1S/C22H21N3OS/c1-25-20-7-4-16(27(26)15-3-6-18-13(10-15)8-9-23-18)12-17(20)22-19-5-2-14(24-19)11-21(22)25/h3-4,6-10,12,14,19,23-24H,2,5,11H2,1H3. The molecule has 5 heteroatoms. The van der Waals surface area contributed by atoms with Crippen molar-refractivity contribution in [2.75, 3.05) is 0 Å². The van der Waals surface area contributed by atoms with Crippen LogP contribution in [0.2, 0.25) is 0 Å². The summed E-state index contributed by atoms with van der Waals surface area (Å²) in [6, 6.07) is 15.4. The summed E-state index contributed by atoms with van der Waals surface area (Å²) in [5.74, 6) is 0. The molecule has 27 heavy (non-hydrogen) atoms. The number of hydrogen-bond acceptors (Lipinski definition) is 2. The normalized spacial score (nSPS) is 22.4. The third-order valence-electron chi connectivity index (χ3n) is 6.32. The van der Waals surface area contributed by atoms with Gasteiger partial charge in [0.2, 0.25) is 0 Å². The van der Waals surface area contributed by atoms with Gasteiger partial charge < -0.3 is 14.9 Å². The summed E-state index contributed by atoms with van der Waals surface area (Å²) < 4.78 is 15.6. The van der Waals surface area contributed by atoms with Crippen LogP contribution in [0.15, 0.2) is 58.5 Å². The Morgan fingerprint density at radius 3 is 2.85 bits per heavy atom. The van der Waals surface area contributed by atoms with Crippen LogP contribution in [-0.2, 0) is 24.3 Å². The Morgan fingerprint density at radius 1 is 1.07 bits per heavy atom. The lowest BCUT2D eigenvalue weighted by Gasteiger charge is -2.23. The van der Waals surface area contributed by atoms with Gasteiger partial charge in [-0.3, -0.25) is 0 Å². The molecule has 4 nitrogen and oxygen atoms in total. The summed E-state index contributed by atoms with van der Waals surface area (Å²) in [6.45, 7) is 0. The Labute approximate surface area is 160 Å². The largest absolute Gasteiger partial charge is 0.361 e. The lowest BCUT2D eigenvalue weighted by molar-refractivity contribution is 0.503. The molecule has 0 saturated carbocycles. The van der Waals surface area contributed by atoms with Gasteiger partial charge in [-0.25, -0.2) is 4.21 Å². The predicted molar refractivity (Wildman–Crippen MR) is 108 cm³/mol. The summed E-state index contributed by atoms with van der Waals surface area (Å²) in [7, 11) is 0.988. The molecule has 2 aliphatic heterocycles. The second-order valence-electron chi connectivity index (χ2n) is 7.79. The highest BCUT2D eigenvalue weighted by molar-refractivity contribution is 7.85. The number of aromatic amines is 1. The zero-order chi connectivity index (χ0) is 18.1. The molecular weight excluding hydrogens is 354 g/mol. The average molecular weight is 375 g/mol. The maximum atomic E-state index is 13.3. The van der Waals surface area contributed by atoms with Crippen LogP contribution in [0.4, 0.5) is 0 Å². The Kier molecular flexibility index (Phi) is 3.23. The number of hydrogen-bond donors (Lipinski definition) is 2. The molecule has 6 rings (SSSR count). The van der Waals surface area contributed by atoms with Gasteiger partial charge in [0.25, 0.3) is 0 Å². The first-order valence-electron chi connectivity index (χ1n) is 9.55. The van der Waals surface area contributed by atoms with Crippen molar-refractivity contribution in [1.82, 2.24) is 14.9 Å². The van der Waals surface area contributed by atoms with Gasteiger partial charge in [0.05, 0.1) is 10.8 Å². The lowest BCUT2D eigenvalue weighted by atomic mass is 9.99. The third-order valence-corrected chi connectivity index (χ3v) is 7.68. The summed E-state index contributed by atoms with van der Waals surface area (Å²) in [5.41, 5.74) is 5.20. The Balaban J connectivity index is 1.49. The summed E-state index contributed by atoms with van der Waals surface area (Å²) in [5, 5.41) is 6.12. The van der Waals surface area contributed by atoms with Gasteiger partial charge in [0.1, 0.15) is 0 Å². The molecule has 1 saturated heterocycles. The number of nitrogens with one attached hydrogen (secondary N) is 2. The van der Waals surface area contributed by atoms with Crippen LogP contribution in [-0.4, -0.2) is 19.8 Å². The first-order chi connectivity index (χ1) is 13.2. The third kappa shape index (κ3) is 2.22. The van der Waals surface area contributed by atoms with E-state index in [1.165, 1.54) is 35.0 Å². The molecule has 0 amide bonds. The van der Waals surface area contributed by atoms with Gasteiger partial charge in [0.15, 0.2) is 0 Å². The highest BCUT2D eigenvalue weighted by Crippen LogP contribution is 2.42. The number of benzene rings is 2. The molecular formula is C22H21N3OS. The van der Waals surface area contributed by atoms with Crippen LogP contribution in [0.1, 0.15) is 30.1 Å². The molecule has 4 aromatic rings. The maximum Gasteiger partial charge on any atom is 0.0850 e. The fourth-order valence-electron chi connectivity index (χ4n) is 4.98. The average Bonchev–Trinajstić information content (AvgIpc) is 3.38. The molecule has 1 fully saturated rings. The van der Waals surface area contributed by atoms with Crippen molar-refractivity contribution in [2.24, 2.45) is 7.05 Å².